The first-order chi connectivity index (χ1) is 21.0. The number of alkyl carbamates (subject to hydrolysis) is 1. The van der Waals surface area contributed by atoms with Crippen molar-refractivity contribution in [2.45, 2.75) is 71.0 Å². The number of carboxylic acids is 1. The maximum atomic E-state index is 13.4. The minimum absolute atomic E-state index is 0.0827. The number of hydrogen-bond donors (Lipinski definition) is 4. The van der Waals surface area contributed by atoms with E-state index in [-0.39, 0.29) is 18.4 Å². The van der Waals surface area contributed by atoms with Crippen LogP contribution in [0.15, 0.2) is 48.5 Å². The fraction of sp³-hybridized carbons (Fsp3) is 0.485. The molecule has 4 amide bonds. The van der Waals surface area contributed by atoms with Crippen LogP contribution in [0.1, 0.15) is 64.0 Å². The van der Waals surface area contributed by atoms with Gasteiger partial charge in [-0.2, -0.15) is 0 Å². The smallest absolute Gasteiger partial charge is 0.407 e. The number of carbonyl (C=O) groups excluding carboxylic acids is 4. The van der Waals surface area contributed by atoms with Gasteiger partial charge >= 0.3 is 12.1 Å². The van der Waals surface area contributed by atoms with E-state index in [1.165, 1.54) is 0 Å². The highest BCUT2D eigenvalue weighted by Gasteiger charge is 2.35. The standard InChI is InChI=1S/C33H42N4O7/c1-19(2)28(30(40)34-26(17-27(38)39)32(42)37-15-9-10-16-37)35-31(41)29(20(3)4)36-33(43)44-18-25-23-13-7-5-11-21(23)22-12-6-8-14-24(22)25/h5-8,11-14,19-20,25-26,28-29H,9-10,15-18H2,1-4H3,(H,34,40)(H,35,41)(H,36,43)(H,38,39)/t26-,28?,29-/m0/s1. The summed E-state index contributed by atoms with van der Waals surface area (Å²) in [6.07, 6.45) is 0.302. The average Bonchev–Trinajstić information content (AvgIpc) is 3.63. The van der Waals surface area contributed by atoms with Gasteiger partial charge in [-0.05, 0) is 46.9 Å². The van der Waals surface area contributed by atoms with Crippen molar-refractivity contribution in [3.05, 3.63) is 59.7 Å². The van der Waals surface area contributed by atoms with Crippen LogP contribution in [0.3, 0.4) is 0 Å². The van der Waals surface area contributed by atoms with E-state index in [0.717, 1.165) is 35.1 Å². The van der Waals surface area contributed by atoms with Gasteiger partial charge in [0.2, 0.25) is 17.7 Å². The second-order valence-corrected chi connectivity index (χ2v) is 12.1. The van der Waals surface area contributed by atoms with Crippen LogP contribution in [0.4, 0.5) is 4.79 Å². The minimum atomic E-state index is -1.25. The van der Waals surface area contributed by atoms with Crippen molar-refractivity contribution in [2.24, 2.45) is 11.8 Å². The Morgan fingerprint density at radius 2 is 1.30 bits per heavy atom. The number of benzene rings is 2. The SMILES string of the molecule is CC(C)C(NC(=O)[C@@H](NC(=O)OCC1c2ccccc2-c2ccccc21)C(C)C)C(=O)N[C@@H](CC(=O)O)C(=O)N1CCCC1. The molecule has 1 unspecified atom stereocenters. The Labute approximate surface area is 257 Å². The van der Waals surface area contributed by atoms with Gasteiger partial charge in [-0.1, -0.05) is 76.2 Å². The summed E-state index contributed by atoms with van der Waals surface area (Å²) in [7, 11) is 0. The Kier molecular flexibility index (Phi) is 10.6. The third kappa shape index (κ3) is 7.56. The van der Waals surface area contributed by atoms with Gasteiger partial charge in [0.15, 0.2) is 0 Å². The molecule has 4 N–H and O–H groups in total. The maximum Gasteiger partial charge on any atom is 0.407 e. The van der Waals surface area contributed by atoms with E-state index in [1.807, 2.05) is 48.5 Å². The first kappa shape index (κ1) is 32.5. The molecular formula is C33H42N4O7. The van der Waals surface area contributed by atoms with Gasteiger partial charge < -0.3 is 30.7 Å². The van der Waals surface area contributed by atoms with Crippen molar-refractivity contribution >= 4 is 29.8 Å². The van der Waals surface area contributed by atoms with Gasteiger partial charge in [-0.25, -0.2) is 4.79 Å². The number of carbonyl (C=O) groups is 5. The third-order valence-electron chi connectivity index (χ3n) is 8.22. The summed E-state index contributed by atoms with van der Waals surface area (Å²) in [5.41, 5.74) is 4.33. The Morgan fingerprint density at radius 3 is 1.82 bits per heavy atom. The highest BCUT2D eigenvalue weighted by molar-refractivity contribution is 5.95. The quantitative estimate of drug-likeness (QED) is 0.289. The number of amides is 4. The molecule has 0 saturated carbocycles. The number of rotatable bonds is 12. The number of carboxylic acid groups (broad SMARTS) is 1. The summed E-state index contributed by atoms with van der Waals surface area (Å²) in [4.78, 5) is 65.6. The fourth-order valence-corrected chi connectivity index (χ4v) is 5.87. The summed E-state index contributed by atoms with van der Waals surface area (Å²) >= 11 is 0. The summed E-state index contributed by atoms with van der Waals surface area (Å²) in [5, 5.41) is 17.3. The van der Waals surface area contributed by atoms with Crippen molar-refractivity contribution in [3.8, 4) is 11.1 Å². The summed E-state index contributed by atoms with van der Waals surface area (Å²) in [6.45, 7) is 8.07. The Morgan fingerprint density at radius 1 is 0.795 bits per heavy atom. The third-order valence-corrected chi connectivity index (χ3v) is 8.22. The van der Waals surface area contributed by atoms with Crippen LogP contribution in [-0.2, 0) is 23.9 Å². The number of likely N-dealkylation sites (tertiary alicyclic amines) is 1. The molecule has 0 aromatic heterocycles. The lowest BCUT2D eigenvalue weighted by atomic mass is 9.98. The molecule has 1 fully saturated rings. The molecule has 0 spiro atoms. The number of fused-ring (bicyclic) bond motifs is 3. The van der Waals surface area contributed by atoms with Crippen LogP contribution >= 0.6 is 0 Å². The molecule has 4 rings (SSSR count). The molecule has 236 valence electrons. The van der Waals surface area contributed by atoms with Crippen LogP contribution in [-0.4, -0.2) is 77.6 Å². The number of nitrogens with zero attached hydrogens (tertiary/aromatic N) is 1. The molecule has 1 heterocycles. The lowest BCUT2D eigenvalue weighted by Crippen LogP contribution is -2.59. The summed E-state index contributed by atoms with van der Waals surface area (Å²) in [6, 6.07) is 12.6. The number of ether oxygens (including phenoxy) is 1. The van der Waals surface area contributed by atoms with Crippen molar-refractivity contribution in [3.63, 3.8) is 0 Å². The summed E-state index contributed by atoms with van der Waals surface area (Å²) in [5.74, 6) is -3.82. The topological polar surface area (TPSA) is 154 Å². The largest absolute Gasteiger partial charge is 0.481 e. The highest BCUT2D eigenvalue weighted by Crippen LogP contribution is 2.44. The van der Waals surface area contributed by atoms with Gasteiger partial charge in [0.25, 0.3) is 0 Å². The normalized spacial score (nSPS) is 16.1. The predicted molar refractivity (Wildman–Crippen MR) is 164 cm³/mol. The Bertz CT molecular complexity index is 1340. The van der Waals surface area contributed by atoms with E-state index in [2.05, 4.69) is 16.0 Å². The van der Waals surface area contributed by atoms with Crippen LogP contribution in [0.25, 0.3) is 11.1 Å². The van der Waals surface area contributed by atoms with Crippen LogP contribution in [0, 0.1) is 11.8 Å². The van der Waals surface area contributed by atoms with E-state index >= 15 is 0 Å². The minimum Gasteiger partial charge on any atom is -0.481 e. The molecule has 1 aliphatic carbocycles. The maximum absolute atomic E-state index is 13.4. The second kappa shape index (κ2) is 14.4. The van der Waals surface area contributed by atoms with Crippen molar-refractivity contribution in [2.75, 3.05) is 19.7 Å². The number of nitrogens with one attached hydrogen (secondary N) is 3. The fourth-order valence-electron chi connectivity index (χ4n) is 5.87. The molecule has 44 heavy (non-hydrogen) atoms. The van der Waals surface area contributed by atoms with Gasteiger partial charge in [0.05, 0.1) is 6.42 Å². The molecule has 3 atom stereocenters. The highest BCUT2D eigenvalue weighted by atomic mass is 16.5. The average molecular weight is 607 g/mol. The molecule has 1 saturated heterocycles. The van der Waals surface area contributed by atoms with Gasteiger partial charge in [0, 0.05) is 19.0 Å². The lowest BCUT2D eigenvalue weighted by Gasteiger charge is -2.29. The molecule has 2 aromatic rings. The number of aliphatic carboxylic acids is 1. The molecular weight excluding hydrogens is 564 g/mol. The number of hydrogen-bond acceptors (Lipinski definition) is 6. The van der Waals surface area contributed by atoms with Crippen molar-refractivity contribution in [1.82, 2.24) is 20.9 Å². The van der Waals surface area contributed by atoms with E-state index < -0.39 is 60.2 Å². The van der Waals surface area contributed by atoms with Gasteiger partial charge in [0.1, 0.15) is 24.7 Å². The van der Waals surface area contributed by atoms with Gasteiger partial charge in [-0.15, -0.1) is 0 Å². The Hall–Kier alpha value is -4.41. The van der Waals surface area contributed by atoms with Gasteiger partial charge in [-0.3, -0.25) is 19.2 Å². The summed E-state index contributed by atoms with van der Waals surface area (Å²) < 4.78 is 5.63. The predicted octanol–water partition coefficient (Wildman–Crippen LogP) is 3.27. The van der Waals surface area contributed by atoms with E-state index in [9.17, 15) is 29.1 Å². The monoisotopic (exact) mass is 606 g/mol. The molecule has 2 aliphatic rings. The van der Waals surface area contributed by atoms with E-state index in [4.69, 9.17) is 4.74 Å². The first-order valence-electron chi connectivity index (χ1n) is 15.2. The molecule has 2 aromatic carbocycles. The zero-order valence-corrected chi connectivity index (χ0v) is 25.7. The molecule has 11 heteroatoms. The van der Waals surface area contributed by atoms with Crippen LogP contribution < -0.4 is 16.0 Å². The zero-order valence-electron chi connectivity index (χ0n) is 25.7. The molecule has 0 radical (unpaired) electrons. The van der Waals surface area contributed by atoms with Crippen LogP contribution in [0.5, 0.6) is 0 Å². The second-order valence-electron chi connectivity index (χ2n) is 12.1. The molecule has 0 bridgehead atoms. The molecule has 11 nitrogen and oxygen atoms in total. The molecule has 1 aliphatic heterocycles. The Balaban J connectivity index is 1.39. The first-order valence-corrected chi connectivity index (χ1v) is 15.2. The zero-order chi connectivity index (χ0) is 32.0. The van der Waals surface area contributed by atoms with Crippen LogP contribution in [0.2, 0.25) is 0 Å². The van der Waals surface area contributed by atoms with E-state index in [0.29, 0.717) is 13.1 Å². The van der Waals surface area contributed by atoms with Crippen molar-refractivity contribution in [1.29, 1.82) is 0 Å². The van der Waals surface area contributed by atoms with E-state index in [1.54, 1.807) is 32.6 Å². The lowest BCUT2D eigenvalue weighted by molar-refractivity contribution is -0.144. The van der Waals surface area contributed by atoms with Crippen molar-refractivity contribution < 1.29 is 33.8 Å².